The number of hydrogen-bond acceptors (Lipinski definition) is 6. The Bertz CT molecular complexity index is 436. The molecule has 0 spiro atoms. The Labute approximate surface area is 104 Å². The van der Waals surface area contributed by atoms with E-state index in [4.69, 9.17) is 10.3 Å². The van der Waals surface area contributed by atoms with Gasteiger partial charge in [0, 0.05) is 0 Å². The number of nitrogens with one attached hydrogen (secondary N) is 1. The summed E-state index contributed by atoms with van der Waals surface area (Å²) in [7, 11) is 0. The molecular weight excluding hydrogens is 268 g/mol. The standard InChI is InChI=1S/C8H8N2O5S2/c11-3(9-15)2-16-8-6(7(13)14)10-4(12)1-5(10)17-8/h5,15H,1-2H2,(H,9,11)(H,13,14)/t5-/m1/s1. The van der Waals surface area contributed by atoms with E-state index in [1.807, 2.05) is 0 Å². The third-order valence-electron chi connectivity index (χ3n) is 2.24. The van der Waals surface area contributed by atoms with Crippen molar-refractivity contribution in [2.75, 3.05) is 5.75 Å². The Hall–Kier alpha value is -1.19. The van der Waals surface area contributed by atoms with Crippen LogP contribution in [0.5, 0.6) is 0 Å². The summed E-state index contributed by atoms with van der Waals surface area (Å²) in [5.41, 5.74) is 1.40. The fourth-order valence-corrected chi connectivity index (χ4v) is 4.01. The topological polar surface area (TPSA) is 107 Å². The van der Waals surface area contributed by atoms with Crippen molar-refractivity contribution in [3.05, 3.63) is 9.93 Å². The lowest BCUT2D eigenvalue weighted by molar-refractivity contribution is -0.145. The van der Waals surface area contributed by atoms with Crippen LogP contribution in [0.2, 0.25) is 0 Å². The van der Waals surface area contributed by atoms with Gasteiger partial charge in [0.25, 0.3) is 5.91 Å². The molecule has 0 aromatic rings. The van der Waals surface area contributed by atoms with Crippen LogP contribution in [0.1, 0.15) is 6.42 Å². The largest absolute Gasteiger partial charge is 0.477 e. The number of hydroxylamine groups is 1. The minimum Gasteiger partial charge on any atom is -0.477 e. The zero-order valence-corrected chi connectivity index (χ0v) is 10.0. The molecule has 0 unspecified atom stereocenters. The molecule has 0 aromatic heterocycles. The van der Waals surface area contributed by atoms with Crippen molar-refractivity contribution in [3.63, 3.8) is 0 Å². The van der Waals surface area contributed by atoms with Crippen LogP contribution < -0.4 is 5.48 Å². The number of nitrogens with zero attached hydrogens (tertiary/aromatic N) is 1. The molecule has 2 aliphatic rings. The smallest absolute Gasteiger partial charge is 0.354 e. The fourth-order valence-electron chi connectivity index (χ4n) is 1.48. The SMILES string of the molecule is O=C(CSC1=C(C(=O)O)N2C(=O)C[C@H]2S1)NO. The Morgan fingerprint density at radius 2 is 2.29 bits per heavy atom. The highest BCUT2D eigenvalue weighted by Crippen LogP contribution is 2.50. The average molecular weight is 276 g/mol. The van der Waals surface area contributed by atoms with Crippen LogP contribution in [0.4, 0.5) is 0 Å². The van der Waals surface area contributed by atoms with Crippen molar-refractivity contribution >= 4 is 41.3 Å². The summed E-state index contributed by atoms with van der Waals surface area (Å²) in [5.74, 6) is -2.11. The molecule has 0 aromatic carbocycles. The lowest BCUT2D eigenvalue weighted by atomic mass is 10.2. The maximum atomic E-state index is 11.3. The van der Waals surface area contributed by atoms with Gasteiger partial charge in [0.1, 0.15) is 0 Å². The van der Waals surface area contributed by atoms with E-state index in [1.54, 1.807) is 0 Å². The Morgan fingerprint density at radius 1 is 1.59 bits per heavy atom. The summed E-state index contributed by atoms with van der Waals surface area (Å²) in [5, 5.41) is 17.2. The maximum Gasteiger partial charge on any atom is 0.354 e. The first-order chi connectivity index (χ1) is 8.04. The number of β-lactam (4-membered cyclic amide) rings is 1. The number of carbonyl (C=O) groups is 3. The maximum absolute atomic E-state index is 11.3. The highest BCUT2D eigenvalue weighted by Gasteiger charge is 2.48. The molecule has 9 heteroatoms. The van der Waals surface area contributed by atoms with Gasteiger partial charge in [-0.25, -0.2) is 10.3 Å². The normalized spacial score (nSPS) is 22.3. The Balaban J connectivity index is 2.12. The number of fused-ring (bicyclic) bond motifs is 1. The molecule has 17 heavy (non-hydrogen) atoms. The number of carboxylic acids is 1. The second kappa shape index (κ2) is 4.59. The molecule has 7 nitrogen and oxygen atoms in total. The summed E-state index contributed by atoms with van der Waals surface area (Å²) < 4.78 is 0.428. The van der Waals surface area contributed by atoms with Crippen molar-refractivity contribution in [2.45, 2.75) is 11.8 Å². The molecule has 2 aliphatic heterocycles. The summed E-state index contributed by atoms with van der Waals surface area (Å²) >= 11 is 2.26. The minimum atomic E-state index is -1.18. The van der Waals surface area contributed by atoms with Crippen molar-refractivity contribution in [3.8, 4) is 0 Å². The molecule has 2 heterocycles. The number of amides is 2. The highest BCUT2D eigenvalue weighted by molar-refractivity contribution is 8.23. The highest BCUT2D eigenvalue weighted by atomic mass is 32.2. The van der Waals surface area contributed by atoms with Crippen LogP contribution in [0, 0.1) is 0 Å². The van der Waals surface area contributed by atoms with E-state index in [1.165, 1.54) is 22.1 Å². The molecular formula is C8H8N2O5S2. The summed E-state index contributed by atoms with van der Waals surface area (Å²) in [6, 6.07) is 0. The molecule has 92 valence electrons. The fraction of sp³-hybridized carbons (Fsp3) is 0.375. The monoisotopic (exact) mass is 276 g/mol. The lowest BCUT2D eigenvalue weighted by Crippen LogP contribution is -2.48. The van der Waals surface area contributed by atoms with E-state index in [2.05, 4.69) is 0 Å². The zero-order chi connectivity index (χ0) is 12.6. The number of thioether (sulfide) groups is 2. The van der Waals surface area contributed by atoms with Crippen LogP contribution in [-0.4, -0.2) is 44.1 Å². The molecule has 3 N–H and O–H groups in total. The Morgan fingerprint density at radius 3 is 2.82 bits per heavy atom. The van der Waals surface area contributed by atoms with E-state index >= 15 is 0 Å². The van der Waals surface area contributed by atoms with Gasteiger partial charge in [0.05, 0.1) is 21.8 Å². The number of hydrogen-bond donors (Lipinski definition) is 3. The van der Waals surface area contributed by atoms with E-state index in [0.29, 0.717) is 10.7 Å². The van der Waals surface area contributed by atoms with Crippen molar-refractivity contribution in [1.82, 2.24) is 10.4 Å². The van der Waals surface area contributed by atoms with Gasteiger partial charge < -0.3 is 5.11 Å². The van der Waals surface area contributed by atoms with Crippen LogP contribution in [0.3, 0.4) is 0 Å². The lowest BCUT2D eigenvalue weighted by Gasteiger charge is -2.33. The van der Waals surface area contributed by atoms with E-state index in [-0.39, 0.29) is 22.7 Å². The van der Waals surface area contributed by atoms with Gasteiger partial charge in [-0.1, -0.05) is 11.8 Å². The molecule has 1 fully saturated rings. The summed E-state index contributed by atoms with van der Waals surface area (Å²) in [6.07, 6.45) is 0.317. The third-order valence-corrected chi connectivity index (χ3v) is 4.81. The van der Waals surface area contributed by atoms with Gasteiger partial charge in [0.2, 0.25) is 5.91 Å². The van der Waals surface area contributed by atoms with Gasteiger partial charge in [0.15, 0.2) is 5.70 Å². The van der Waals surface area contributed by atoms with Crippen molar-refractivity contribution < 1.29 is 24.7 Å². The Kier molecular flexibility index (Phi) is 3.31. The number of rotatable bonds is 4. The van der Waals surface area contributed by atoms with Gasteiger partial charge in [-0.3, -0.25) is 19.7 Å². The molecule has 0 saturated carbocycles. The van der Waals surface area contributed by atoms with Crippen LogP contribution in [0.25, 0.3) is 0 Å². The number of carboxylic acid groups (broad SMARTS) is 1. The predicted octanol–water partition coefficient (Wildman–Crippen LogP) is -0.216. The van der Waals surface area contributed by atoms with E-state index < -0.39 is 11.9 Å². The van der Waals surface area contributed by atoms with Gasteiger partial charge in [-0.05, 0) is 0 Å². The molecule has 0 aliphatic carbocycles. The van der Waals surface area contributed by atoms with Crippen molar-refractivity contribution in [2.24, 2.45) is 0 Å². The molecule has 1 saturated heterocycles. The second-order valence-corrected chi connectivity index (χ2v) is 5.74. The summed E-state index contributed by atoms with van der Waals surface area (Å²) in [4.78, 5) is 34.4. The molecule has 0 bridgehead atoms. The molecule has 0 radical (unpaired) electrons. The van der Waals surface area contributed by atoms with E-state index in [0.717, 1.165) is 11.8 Å². The quantitative estimate of drug-likeness (QED) is 0.370. The number of carbonyl (C=O) groups excluding carboxylic acids is 2. The second-order valence-electron chi connectivity index (χ2n) is 3.31. The van der Waals surface area contributed by atoms with E-state index in [9.17, 15) is 14.4 Å². The third kappa shape index (κ3) is 2.13. The minimum absolute atomic E-state index is 0.0630. The summed E-state index contributed by atoms with van der Waals surface area (Å²) in [6.45, 7) is 0. The predicted molar refractivity (Wildman–Crippen MR) is 59.9 cm³/mol. The van der Waals surface area contributed by atoms with Crippen molar-refractivity contribution in [1.29, 1.82) is 0 Å². The van der Waals surface area contributed by atoms with Gasteiger partial charge in [-0.2, -0.15) is 0 Å². The zero-order valence-electron chi connectivity index (χ0n) is 8.37. The van der Waals surface area contributed by atoms with Gasteiger partial charge in [-0.15, -0.1) is 11.8 Å². The van der Waals surface area contributed by atoms with Gasteiger partial charge >= 0.3 is 5.97 Å². The number of aliphatic carboxylic acids is 1. The molecule has 1 atom stereocenters. The first-order valence-corrected chi connectivity index (χ1v) is 6.43. The average Bonchev–Trinajstić information content (AvgIpc) is 2.58. The van der Waals surface area contributed by atoms with Crippen LogP contribution in [-0.2, 0) is 14.4 Å². The molecule has 2 amide bonds. The first kappa shape index (κ1) is 12.3. The molecule has 2 rings (SSSR count). The first-order valence-electron chi connectivity index (χ1n) is 4.56. The van der Waals surface area contributed by atoms with Crippen LogP contribution >= 0.6 is 23.5 Å². The van der Waals surface area contributed by atoms with Crippen LogP contribution in [0.15, 0.2) is 9.93 Å².